The van der Waals surface area contributed by atoms with Crippen LogP contribution in [0.25, 0.3) is 0 Å². The summed E-state index contributed by atoms with van der Waals surface area (Å²) >= 11 is 5.98. The SMILES string of the molecule is COCC(=O)Oc1cc(C)c(Cl)c(C)c1. The predicted molar refractivity (Wildman–Crippen MR) is 58.4 cm³/mol. The molecule has 3 nitrogen and oxygen atoms in total. The normalized spacial score (nSPS) is 10.1. The Balaban J connectivity index is 2.83. The van der Waals surface area contributed by atoms with E-state index >= 15 is 0 Å². The first kappa shape index (κ1) is 12.0. The van der Waals surface area contributed by atoms with Gasteiger partial charge in [-0.05, 0) is 37.1 Å². The molecule has 15 heavy (non-hydrogen) atoms. The molecule has 1 aromatic rings. The molecule has 1 rings (SSSR count). The molecule has 0 heterocycles. The lowest BCUT2D eigenvalue weighted by Gasteiger charge is -2.07. The molecule has 0 spiro atoms. The van der Waals surface area contributed by atoms with Crippen molar-refractivity contribution >= 4 is 17.6 Å². The maximum Gasteiger partial charge on any atom is 0.337 e. The molecule has 0 saturated heterocycles. The zero-order valence-electron chi connectivity index (χ0n) is 8.96. The molecule has 0 aliphatic carbocycles. The minimum Gasteiger partial charge on any atom is -0.425 e. The maximum absolute atomic E-state index is 11.1. The van der Waals surface area contributed by atoms with Gasteiger partial charge in [-0.1, -0.05) is 11.6 Å². The first-order valence-corrected chi connectivity index (χ1v) is 4.88. The number of ether oxygens (including phenoxy) is 2. The summed E-state index contributed by atoms with van der Waals surface area (Å²) < 4.78 is 9.71. The largest absolute Gasteiger partial charge is 0.425 e. The zero-order chi connectivity index (χ0) is 11.4. The number of carbonyl (C=O) groups excluding carboxylic acids is 1. The molecule has 0 aromatic heterocycles. The molecule has 0 atom stereocenters. The van der Waals surface area contributed by atoms with Crippen molar-refractivity contribution in [3.05, 3.63) is 28.3 Å². The number of benzene rings is 1. The van der Waals surface area contributed by atoms with Crippen LogP contribution in [0.1, 0.15) is 11.1 Å². The second-order valence-electron chi connectivity index (χ2n) is 3.28. The minimum atomic E-state index is -0.418. The van der Waals surface area contributed by atoms with Gasteiger partial charge in [0.05, 0.1) is 0 Å². The summed E-state index contributed by atoms with van der Waals surface area (Å²) in [6.45, 7) is 3.67. The molecule has 0 N–H and O–H groups in total. The van der Waals surface area contributed by atoms with Crippen molar-refractivity contribution in [2.24, 2.45) is 0 Å². The van der Waals surface area contributed by atoms with Crippen LogP contribution < -0.4 is 4.74 Å². The fraction of sp³-hybridized carbons (Fsp3) is 0.364. The number of methoxy groups -OCH3 is 1. The van der Waals surface area contributed by atoms with Gasteiger partial charge >= 0.3 is 5.97 Å². The van der Waals surface area contributed by atoms with E-state index in [2.05, 4.69) is 4.74 Å². The third kappa shape index (κ3) is 3.22. The van der Waals surface area contributed by atoms with Crippen LogP contribution in [0, 0.1) is 13.8 Å². The van der Waals surface area contributed by atoms with Crippen molar-refractivity contribution in [2.45, 2.75) is 13.8 Å². The molecule has 0 fully saturated rings. The third-order valence-electron chi connectivity index (χ3n) is 1.90. The van der Waals surface area contributed by atoms with Gasteiger partial charge < -0.3 is 9.47 Å². The molecule has 0 aliphatic heterocycles. The number of aryl methyl sites for hydroxylation is 2. The lowest BCUT2D eigenvalue weighted by Crippen LogP contribution is -2.14. The van der Waals surface area contributed by atoms with Crippen LogP contribution >= 0.6 is 11.6 Å². The molecular formula is C11H13ClO3. The van der Waals surface area contributed by atoms with Crippen molar-refractivity contribution in [3.63, 3.8) is 0 Å². The summed E-state index contributed by atoms with van der Waals surface area (Å²) in [5.41, 5.74) is 1.77. The van der Waals surface area contributed by atoms with Crippen LogP contribution in [0.2, 0.25) is 5.02 Å². The highest BCUT2D eigenvalue weighted by atomic mass is 35.5. The van der Waals surface area contributed by atoms with Gasteiger partial charge in [0.1, 0.15) is 12.4 Å². The van der Waals surface area contributed by atoms with E-state index in [0.717, 1.165) is 11.1 Å². The van der Waals surface area contributed by atoms with Crippen LogP contribution in [0.3, 0.4) is 0 Å². The van der Waals surface area contributed by atoms with Gasteiger partial charge in [0, 0.05) is 12.1 Å². The van der Waals surface area contributed by atoms with E-state index in [0.29, 0.717) is 10.8 Å². The van der Waals surface area contributed by atoms with Crippen LogP contribution in [-0.2, 0) is 9.53 Å². The van der Waals surface area contributed by atoms with Gasteiger partial charge in [-0.2, -0.15) is 0 Å². The maximum atomic E-state index is 11.1. The van der Waals surface area contributed by atoms with Gasteiger partial charge in [-0.3, -0.25) is 0 Å². The fourth-order valence-corrected chi connectivity index (χ4v) is 1.35. The topological polar surface area (TPSA) is 35.5 Å². The Kier molecular flexibility index (Phi) is 4.12. The van der Waals surface area contributed by atoms with Crippen molar-refractivity contribution < 1.29 is 14.3 Å². The van der Waals surface area contributed by atoms with Gasteiger partial charge in [0.2, 0.25) is 0 Å². The Labute approximate surface area is 93.9 Å². The quantitative estimate of drug-likeness (QED) is 0.589. The average Bonchev–Trinajstić information content (AvgIpc) is 2.14. The van der Waals surface area contributed by atoms with Gasteiger partial charge in [0.25, 0.3) is 0 Å². The highest BCUT2D eigenvalue weighted by Gasteiger charge is 2.07. The Morgan fingerprint density at radius 1 is 1.33 bits per heavy atom. The van der Waals surface area contributed by atoms with E-state index < -0.39 is 5.97 Å². The summed E-state index contributed by atoms with van der Waals surface area (Å²) in [6.07, 6.45) is 0. The first-order valence-electron chi connectivity index (χ1n) is 4.51. The second-order valence-corrected chi connectivity index (χ2v) is 3.66. The fourth-order valence-electron chi connectivity index (χ4n) is 1.24. The van der Waals surface area contributed by atoms with Gasteiger partial charge in [-0.15, -0.1) is 0 Å². The van der Waals surface area contributed by atoms with Gasteiger partial charge in [-0.25, -0.2) is 4.79 Å². The van der Waals surface area contributed by atoms with Crippen LogP contribution in [0.5, 0.6) is 5.75 Å². The molecule has 0 unspecified atom stereocenters. The molecule has 0 saturated carbocycles. The Bertz CT molecular complexity index is 351. The molecule has 0 amide bonds. The Morgan fingerprint density at radius 2 is 1.87 bits per heavy atom. The van der Waals surface area contributed by atoms with E-state index in [1.807, 2.05) is 13.8 Å². The highest BCUT2D eigenvalue weighted by Crippen LogP contribution is 2.25. The van der Waals surface area contributed by atoms with Crippen molar-refractivity contribution in [2.75, 3.05) is 13.7 Å². The van der Waals surface area contributed by atoms with Crippen LogP contribution in [0.15, 0.2) is 12.1 Å². The second kappa shape index (κ2) is 5.14. The van der Waals surface area contributed by atoms with Crippen molar-refractivity contribution in [3.8, 4) is 5.75 Å². The standard InChI is InChI=1S/C11H13ClO3/c1-7-4-9(5-8(2)11(7)12)15-10(13)6-14-3/h4-5H,6H2,1-3H3. The molecule has 0 bridgehead atoms. The highest BCUT2D eigenvalue weighted by molar-refractivity contribution is 6.32. The van der Waals surface area contributed by atoms with E-state index in [4.69, 9.17) is 16.3 Å². The first-order chi connectivity index (χ1) is 7.04. The molecule has 1 aromatic carbocycles. The summed E-state index contributed by atoms with van der Waals surface area (Å²) in [5, 5.41) is 0.696. The van der Waals surface area contributed by atoms with E-state index in [9.17, 15) is 4.79 Å². The predicted octanol–water partition coefficient (Wildman–Crippen LogP) is 2.51. The minimum absolute atomic E-state index is 0.0548. The van der Waals surface area contributed by atoms with Crippen LogP contribution in [0.4, 0.5) is 0 Å². The van der Waals surface area contributed by atoms with E-state index in [-0.39, 0.29) is 6.61 Å². The van der Waals surface area contributed by atoms with E-state index in [1.165, 1.54) is 7.11 Å². The van der Waals surface area contributed by atoms with Gasteiger partial charge in [0.15, 0.2) is 0 Å². The summed E-state index contributed by atoms with van der Waals surface area (Å²) in [5.74, 6) is 0.0788. The number of carbonyl (C=O) groups is 1. The van der Waals surface area contributed by atoms with Crippen LogP contribution in [-0.4, -0.2) is 19.7 Å². The summed E-state index contributed by atoms with van der Waals surface area (Å²) in [4.78, 5) is 11.1. The molecule has 82 valence electrons. The lowest BCUT2D eigenvalue weighted by atomic mass is 10.1. The van der Waals surface area contributed by atoms with Crippen molar-refractivity contribution in [1.82, 2.24) is 0 Å². The summed E-state index contributed by atoms with van der Waals surface area (Å²) in [7, 11) is 1.44. The number of halogens is 1. The summed E-state index contributed by atoms with van der Waals surface area (Å²) in [6, 6.07) is 3.45. The zero-order valence-corrected chi connectivity index (χ0v) is 9.72. The number of esters is 1. The Hall–Kier alpha value is -1.06. The average molecular weight is 229 g/mol. The third-order valence-corrected chi connectivity index (χ3v) is 2.50. The lowest BCUT2D eigenvalue weighted by molar-refractivity contribution is -0.138. The smallest absolute Gasteiger partial charge is 0.337 e. The Morgan fingerprint density at radius 3 is 2.33 bits per heavy atom. The molecular weight excluding hydrogens is 216 g/mol. The number of hydrogen-bond acceptors (Lipinski definition) is 3. The molecule has 0 radical (unpaired) electrons. The van der Waals surface area contributed by atoms with Crippen molar-refractivity contribution in [1.29, 1.82) is 0 Å². The van der Waals surface area contributed by atoms with E-state index in [1.54, 1.807) is 12.1 Å². The molecule has 0 aliphatic rings. The molecule has 4 heteroatoms. The number of hydrogen-bond donors (Lipinski definition) is 0. The monoisotopic (exact) mass is 228 g/mol. The number of rotatable bonds is 3.